The number of hydrogen-bond donors (Lipinski definition) is 0. The lowest BCUT2D eigenvalue weighted by molar-refractivity contribution is -0.140. The zero-order chi connectivity index (χ0) is 17.7. The van der Waals surface area contributed by atoms with Crippen LogP contribution in [0.15, 0.2) is 36.4 Å². The Balaban J connectivity index is 1.85. The van der Waals surface area contributed by atoms with Crippen LogP contribution in [0.2, 0.25) is 20.1 Å². The van der Waals surface area contributed by atoms with Crippen molar-refractivity contribution in [2.45, 2.75) is 12.8 Å². The van der Waals surface area contributed by atoms with E-state index in [0.717, 1.165) is 0 Å². The first-order valence-electron chi connectivity index (χ1n) is 6.66. The molecule has 126 valence electrons. The molecular weight excluding hydrogens is 398 g/mol. The van der Waals surface area contributed by atoms with Gasteiger partial charge < -0.3 is 9.47 Å². The first-order valence-corrected chi connectivity index (χ1v) is 8.18. The van der Waals surface area contributed by atoms with Gasteiger partial charge in [-0.1, -0.05) is 46.4 Å². The number of benzene rings is 2. The molecule has 0 amide bonds. The second-order valence-corrected chi connectivity index (χ2v) is 6.28. The molecule has 0 aliphatic rings. The van der Waals surface area contributed by atoms with Gasteiger partial charge in [-0.25, -0.2) is 0 Å². The van der Waals surface area contributed by atoms with E-state index in [0.29, 0.717) is 10.0 Å². The smallest absolute Gasteiger partial charge is 0.311 e. The van der Waals surface area contributed by atoms with Gasteiger partial charge in [0, 0.05) is 10.0 Å². The first kappa shape index (κ1) is 18.9. The molecule has 0 aliphatic carbocycles. The number of carbonyl (C=O) groups excluding carboxylic acids is 2. The van der Waals surface area contributed by atoms with Crippen molar-refractivity contribution in [1.82, 2.24) is 0 Å². The highest BCUT2D eigenvalue weighted by atomic mass is 35.5. The number of esters is 2. The highest BCUT2D eigenvalue weighted by Gasteiger charge is 2.14. The van der Waals surface area contributed by atoms with Crippen LogP contribution < -0.4 is 9.47 Å². The number of ether oxygens (including phenoxy) is 2. The van der Waals surface area contributed by atoms with Crippen molar-refractivity contribution in [3.8, 4) is 11.5 Å². The Bertz CT molecular complexity index is 711. The largest absolute Gasteiger partial charge is 0.425 e. The molecule has 2 rings (SSSR count). The van der Waals surface area contributed by atoms with E-state index < -0.39 is 11.9 Å². The third kappa shape index (κ3) is 5.56. The van der Waals surface area contributed by atoms with Gasteiger partial charge in [-0.05, 0) is 36.4 Å². The molecule has 24 heavy (non-hydrogen) atoms. The van der Waals surface area contributed by atoms with Crippen LogP contribution in [0.1, 0.15) is 12.8 Å². The summed E-state index contributed by atoms with van der Waals surface area (Å²) in [5, 5.41) is 1.24. The van der Waals surface area contributed by atoms with Gasteiger partial charge in [-0.15, -0.1) is 0 Å². The van der Waals surface area contributed by atoms with Crippen LogP contribution in [0.25, 0.3) is 0 Å². The maximum absolute atomic E-state index is 11.8. The minimum absolute atomic E-state index is 0.167. The van der Waals surface area contributed by atoms with E-state index in [9.17, 15) is 9.59 Å². The van der Waals surface area contributed by atoms with Crippen LogP contribution in [-0.4, -0.2) is 11.9 Å². The van der Waals surface area contributed by atoms with E-state index in [1.54, 1.807) is 0 Å². The molecule has 2 aromatic carbocycles. The van der Waals surface area contributed by atoms with Crippen molar-refractivity contribution in [1.29, 1.82) is 0 Å². The Morgan fingerprint density at radius 3 is 1.42 bits per heavy atom. The molecule has 0 spiro atoms. The molecule has 8 heteroatoms. The molecule has 0 bridgehead atoms. The fourth-order valence-electron chi connectivity index (χ4n) is 1.67. The summed E-state index contributed by atoms with van der Waals surface area (Å²) in [6, 6.07) is 8.90. The monoisotopic (exact) mass is 406 g/mol. The molecule has 0 N–H and O–H groups in total. The second kappa shape index (κ2) is 8.58. The third-order valence-electron chi connectivity index (χ3n) is 2.77. The molecule has 0 aliphatic heterocycles. The highest BCUT2D eigenvalue weighted by molar-refractivity contribution is 6.36. The van der Waals surface area contributed by atoms with E-state index in [4.69, 9.17) is 55.9 Å². The molecule has 2 aromatic rings. The van der Waals surface area contributed by atoms with Gasteiger partial charge in [0.2, 0.25) is 0 Å². The Hall–Kier alpha value is -1.46. The minimum atomic E-state index is -0.627. The summed E-state index contributed by atoms with van der Waals surface area (Å²) >= 11 is 23.3. The van der Waals surface area contributed by atoms with E-state index in [-0.39, 0.29) is 34.4 Å². The van der Waals surface area contributed by atoms with Crippen molar-refractivity contribution >= 4 is 58.3 Å². The van der Waals surface area contributed by atoms with Crippen LogP contribution in [-0.2, 0) is 9.59 Å². The summed E-state index contributed by atoms with van der Waals surface area (Å²) in [4.78, 5) is 23.5. The van der Waals surface area contributed by atoms with Gasteiger partial charge in [0.1, 0.15) is 11.5 Å². The highest BCUT2D eigenvalue weighted by Crippen LogP contribution is 2.29. The molecule has 0 fully saturated rings. The zero-order valence-electron chi connectivity index (χ0n) is 12.0. The Labute approximate surface area is 158 Å². The van der Waals surface area contributed by atoms with E-state index >= 15 is 0 Å². The molecule has 0 unspecified atom stereocenters. The maximum atomic E-state index is 11.8. The predicted molar refractivity (Wildman–Crippen MR) is 93.4 cm³/mol. The van der Waals surface area contributed by atoms with Crippen molar-refractivity contribution in [2.24, 2.45) is 0 Å². The molecule has 0 saturated carbocycles. The first-order chi connectivity index (χ1) is 11.3. The fourth-order valence-corrected chi connectivity index (χ4v) is 2.56. The average molecular weight is 408 g/mol. The van der Waals surface area contributed by atoms with E-state index in [1.807, 2.05) is 0 Å². The van der Waals surface area contributed by atoms with Crippen molar-refractivity contribution in [3.05, 3.63) is 56.5 Å². The molecule has 0 heterocycles. The molecule has 0 atom stereocenters. The van der Waals surface area contributed by atoms with E-state index in [1.165, 1.54) is 36.4 Å². The van der Waals surface area contributed by atoms with Crippen molar-refractivity contribution in [2.75, 3.05) is 0 Å². The predicted octanol–water partition coefficient (Wildman–Crippen LogP) is 5.59. The van der Waals surface area contributed by atoms with Crippen LogP contribution in [0.5, 0.6) is 11.5 Å². The van der Waals surface area contributed by atoms with Crippen LogP contribution in [0, 0.1) is 0 Å². The second-order valence-electron chi connectivity index (χ2n) is 4.60. The van der Waals surface area contributed by atoms with E-state index in [2.05, 4.69) is 0 Å². The topological polar surface area (TPSA) is 52.6 Å². The molecule has 0 aromatic heterocycles. The van der Waals surface area contributed by atoms with Crippen molar-refractivity contribution in [3.63, 3.8) is 0 Å². The molecule has 0 saturated heterocycles. The van der Waals surface area contributed by atoms with Gasteiger partial charge in [-0.2, -0.15) is 0 Å². The lowest BCUT2D eigenvalue weighted by Crippen LogP contribution is -2.14. The average Bonchev–Trinajstić information content (AvgIpc) is 2.51. The van der Waals surface area contributed by atoms with Crippen molar-refractivity contribution < 1.29 is 19.1 Å². The number of hydrogen-bond acceptors (Lipinski definition) is 4. The zero-order valence-corrected chi connectivity index (χ0v) is 15.0. The van der Waals surface area contributed by atoms with Gasteiger partial charge >= 0.3 is 11.9 Å². The standard InChI is InChI=1S/C16H10Cl4O4/c17-9-1-3-13(11(19)7-9)23-15(21)5-6-16(22)24-14-4-2-10(18)8-12(14)20/h1-4,7-8H,5-6H2. The Morgan fingerprint density at radius 2 is 1.08 bits per heavy atom. The summed E-state index contributed by atoms with van der Waals surface area (Å²) in [6.45, 7) is 0. The number of rotatable bonds is 5. The van der Waals surface area contributed by atoms with Crippen LogP contribution in [0.3, 0.4) is 0 Å². The normalized spacial score (nSPS) is 10.3. The van der Waals surface area contributed by atoms with Gasteiger partial charge in [0.15, 0.2) is 0 Å². The van der Waals surface area contributed by atoms with Crippen LogP contribution >= 0.6 is 46.4 Å². The molecular formula is C16H10Cl4O4. The summed E-state index contributed by atoms with van der Waals surface area (Å²) in [7, 11) is 0. The molecule has 0 radical (unpaired) electrons. The summed E-state index contributed by atoms with van der Waals surface area (Å²) in [5.41, 5.74) is 0. The Kier molecular flexibility index (Phi) is 6.75. The van der Waals surface area contributed by atoms with Gasteiger partial charge in [-0.3, -0.25) is 9.59 Å². The fraction of sp³-hybridized carbons (Fsp3) is 0.125. The summed E-state index contributed by atoms with van der Waals surface area (Å²) in [6.07, 6.45) is -0.355. The summed E-state index contributed by atoms with van der Waals surface area (Å²) < 4.78 is 10.1. The Morgan fingerprint density at radius 1 is 0.708 bits per heavy atom. The number of carbonyl (C=O) groups is 2. The van der Waals surface area contributed by atoms with Gasteiger partial charge in [0.05, 0.1) is 22.9 Å². The van der Waals surface area contributed by atoms with Crippen LogP contribution in [0.4, 0.5) is 0 Å². The SMILES string of the molecule is O=C(CCC(=O)Oc1ccc(Cl)cc1Cl)Oc1ccc(Cl)cc1Cl. The lowest BCUT2D eigenvalue weighted by atomic mass is 10.3. The minimum Gasteiger partial charge on any atom is -0.425 e. The quantitative estimate of drug-likeness (QED) is 0.478. The lowest BCUT2D eigenvalue weighted by Gasteiger charge is -2.08. The molecule has 4 nitrogen and oxygen atoms in total. The summed E-state index contributed by atoms with van der Waals surface area (Å²) in [5.74, 6) is -0.919. The third-order valence-corrected chi connectivity index (χ3v) is 3.83. The van der Waals surface area contributed by atoms with Gasteiger partial charge in [0.25, 0.3) is 0 Å². The maximum Gasteiger partial charge on any atom is 0.311 e. The number of halogens is 4.